The van der Waals surface area contributed by atoms with Crippen molar-refractivity contribution in [3.63, 3.8) is 0 Å². The minimum Gasteiger partial charge on any atom is -0.467 e. The fourth-order valence-corrected chi connectivity index (χ4v) is 4.33. The van der Waals surface area contributed by atoms with Gasteiger partial charge in [-0.15, -0.1) is 11.3 Å². The number of halogens is 3. The monoisotopic (exact) mass is 478 g/mol. The summed E-state index contributed by atoms with van der Waals surface area (Å²) in [5.41, 5.74) is -0.427. The van der Waals surface area contributed by atoms with Crippen LogP contribution in [0.1, 0.15) is 41.1 Å². The molecule has 3 aromatic rings. The highest BCUT2D eigenvalue weighted by molar-refractivity contribution is 7.14. The lowest BCUT2D eigenvalue weighted by atomic mass is 10.0. The molecule has 1 aliphatic rings. The highest BCUT2D eigenvalue weighted by atomic mass is 32.1. The van der Waals surface area contributed by atoms with Gasteiger partial charge < -0.3 is 20.0 Å². The van der Waals surface area contributed by atoms with Crippen LogP contribution in [0.25, 0.3) is 0 Å². The van der Waals surface area contributed by atoms with Crippen LogP contribution in [0.4, 0.5) is 24.0 Å². The molecule has 0 spiro atoms. The zero-order chi connectivity index (χ0) is 23.4. The number of amides is 2. The predicted octanol–water partition coefficient (Wildman–Crippen LogP) is 4.81. The molecule has 2 amide bonds. The van der Waals surface area contributed by atoms with Gasteiger partial charge in [0.1, 0.15) is 17.5 Å². The standard InChI is InChI=1S/C22H21F3N4O3S/c23-22(24,25)14-5-3-6-15(11-14)27-21-28-17(13-33-21)20(31)29-9-2-1-8-18(29)19(30)26-12-16-7-4-10-32-16/h3-7,10-11,13,18H,1-2,8-9,12H2,(H,26,30)(H,27,28). The highest BCUT2D eigenvalue weighted by Crippen LogP contribution is 2.32. The van der Waals surface area contributed by atoms with Gasteiger partial charge in [0.15, 0.2) is 5.13 Å². The molecule has 7 nitrogen and oxygen atoms in total. The predicted molar refractivity (Wildman–Crippen MR) is 116 cm³/mol. The zero-order valence-electron chi connectivity index (χ0n) is 17.4. The summed E-state index contributed by atoms with van der Waals surface area (Å²) < 4.78 is 44.0. The Kier molecular flexibility index (Phi) is 6.68. The number of hydrogen-bond donors (Lipinski definition) is 2. The first kappa shape index (κ1) is 22.8. The second-order valence-electron chi connectivity index (χ2n) is 7.55. The smallest absolute Gasteiger partial charge is 0.416 e. The minimum absolute atomic E-state index is 0.139. The molecule has 1 unspecified atom stereocenters. The Morgan fingerprint density at radius 2 is 2.06 bits per heavy atom. The number of aromatic nitrogens is 1. The number of rotatable bonds is 6. The summed E-state index contributed by atoms with van der Waals surface area (Å²) in [6, 6.07) is 7.60. The number of anilines is 2. The number of carbonyl (C=O) groups is 2. The number of nitrogens with zero attached hydrogens (tertiary/aromatic N) is 2. The Bertz CT molecular complexity index is 1110. The van der Waals surface area contributed by atoms with Crippen molar-refractivity contribution < 1.29 is 27.2 Å². The fraction of sp³-hybridized carbons (Fsp3) is 0.318. The molecule has 0 bridgehead atoms. The molecular formula is C22H21F3N4O3S. The van der Waals surface area contributed by atoms with Crippen LogP contribution in [0.2, 0.25) is 0 Å². The van der Waals surface area contributed by atoms with E-state index in [0.717, 1.165) is 36.3 Å². The molecule has 0 radical (unpaired) electrons. The topological polar surface area (TPSA) is 87.5 Å². The SMILES string of the molecule is O=C(NCc1ccco1)C1CCCCN1C(=O)c1csc(Nc2cccc(C(F)(F)F)c2)n1. The van der Waals surface area contributed by atoms with E-state index in [4.69, 9.17) is 4.42 Å². The quantitative estimate of drug-likeness (QED) is 0.531. The highest BCUT2D eigenvalue weighted by Gasteiger charge is 2.34. The Morgan fingerprint density at radius 1 is 1.21 bits per heavy atom. The van der Waals surface area contributed by atoms with Crippen LogP contribution in [0.3, 0.4) is 0 Å². The van der Waals surface area contributed by atoms with Gasteiger partial charge in [-0.3, -0.25) is 9.59 Å². The zero-order valence-corrected chi connectivity index (χ0v) is 18.2. The summed E-state index contributed by atoms with van der Waals surface area (Å²) in [5.74, 6) is -0.0416. The Hall–Kier alpha value is -3.34. The average molecular weight is 478 g/mol. The molecule has 3 heterocycles. The molecule has 1 aliphatic heterocycles. The number of hydrogen-bond acceptors (Lipinski definition) is 6. The molecule has 1 saturated heterocycles. The lowest BCUT2D eigenvalue weighted by Gasteiger charge is -2.34. The number of alkyl halides is 3. The summed E-state index contributed by atoms with van der Waals surface area (Å²) in [5, 5.41) is 7.43. The van der Waals surface area contributed by atoms with Crippen LogP contribution in [-0.2, 0) is 17.5 Å². The van der Waals surface area contributed by atoms with Gasteiger partial charge in [-0.2, -0.15) is 13.2 Å². The van der Waals surface area contributed by atoms with Gasteiger partial charge in [0, 0.05) is 17.6 Å². The Morgan fingerprint density at radius 3 is 2.82 bits per heavy atom. The fourth-order valence-electron chi connectivity index (χ4n) is 3.63. The molecule has 2 aromatic heterocycles. The summed E-state index contributed by atoms with van der Waals surface area (Å²) >= 11 is 1.10. The first-order chi connectivity index (χ1) is 15.8. The van der Waals surface area contributed by atoms with Crippen LogP contribution < -0.4 is 10.6 Å². The van der Waals surface area contributed by atoms with Crippen LogP contribution in [-0.4, -0.2) is 34.3 Å². The van der Waals surface area contributed by atoms with Crippen molar-refractivity contribution in [2.75, 3.05) is 11.9 Å². The molecule has 1 atom stereocenters. The van der Waals surface area contributed by atoms with E-state index in [1.165, 1.54) is 28.7 Å². The summed E-state index contributed by atoms with van der Waals surface area (Å²) in [4.78, 5) is 31.6. The normalized spacial score (nSPS) is 16.5. The minimum atomic E-state index is -4.46. The molecule has 0 aliphatic carbocycles. The maximum atomic E-state index is 13.1. The van der Waals surface area contributed by atoms with Crippen molar-refractivity contribution in [3.8, 4) is 0 Å². The second-order valence-corrected chi connectivity index (χ2v) is 8.41. The van der Waals surface area contributed by atoms with E-state index in [-0.39, 0.29) is 34.9 Å². The maximum absolute atomic E-state index is 13.1. The van der Waals surface area contributed by atoms with Gasteiger partial charge >= 0.3 is 6.18 Å². The number of carbonyl (C=O) groups excluding carboxylic acids is 2. The van der Waals surface area contributed by atoms with Crippen molar-refractivity contribution in [1.82, 2.24) is 15.2 Å². The number of piperidine rings is 1. The van der Waals surface area contributed by atoms with Crippen molar-refractivity contribution in [2.24, 2.45) is 0 Å². The third-order valence-corrected chi connectivity index (χ3v) is 6.01. The molecule has 11 heteroatoms. The summed E-state index contributed by atoms with van der Waals surface area (Å²) in [7, 11) is 0. The van der Waals surface area contributed by atoms with E-state index in [0.29, 0.717) is 18.7 Å². The number of benzene rings is 1. The van der Waals surface area contributed by atoms with Gasteiger partial charge in [-0.25, -0.2) is 4.98 Å². The van der Waals surface area contributed by atoms with Crippen LogP contribution in [0, 0.1) is 0 Å². The molecule has 2 N–H and O–H groups in total. The average Bonchev–Trinajstić information content (AvgIpc) is 3.49. The maximum Gasteiger partial charge on any atom is 0.416 e. The molecule has 4 rings (SSSR count). The lowest BCUT2D eigenvalue weighted by molar-refractivity contribution is -0.137. The van der Waals surface area contributed by atoms with E-state index in [1.54, 1.807) is 12.1 Å². The molecule has 33 heavy (non-hydrogen) atoms. The van der Waals surface area contributed by atoms with E-state index in [2.05, 4.69) is 15.6 Å². The van der Waals surface area contributed by atoms with Crippen molar-refractivity contribution in [1.29, 1.82) is 0 Å². The first-order valence-corrected chi connectivity index (χ1v) is 11.2. The number of furan rings is 1. The van der Waals surface area contributed by atoms with Gasteiger partial charge in [0.05, 0.1) is 18.4 Å². The van der Waals surface area contributed by atoms with Crippen LogP contribution in [0.5, 0.6) is 0 Å². The van der Waals surface area contributed by atoms with Crippen molar-refractivity contribution in [3.05, 3.63) is 65.1 Å². The second kappa shape index (κ2) is 9.65. The number of thiazole rings is 1. The van der Waals surface area contributed by atoms with E-state index < -0.39 is 17.8 Å². The molecule has 1 fully saturated rings. The van der Waals surface area contributed by atoms with Crippen molar-refractivity contribution >= 4 is 34.0 Å². The van der Waals surface area contributed by atoms with E-state index >= 15 is 0 Å². The molecule has 0 saturated carbocycles. The van der Waals surface area contributed by atoms with Gasteiger partial charge in [0.2, 0.25) is 5.91 Å². The van der Waals surface area contributed by atoms with Gasteiger partial charge in [0.25, 0.3) is 5.91 Å². The van der Waals surface area contributed by atoms with Gasteiger partial charge in [-0.1, -0.05) is 6.07 Å². The lowest BCUT2D eigenvalue weighted by Crippen LogP contribution is -2.51. The van der Waals surface area contributed by atoms with Crippen LogP contribution in [0.15, 0.2) is 52.5 Å². The largest absolute Gasteiger partial charge is 0.467 e. The van der Waals surface area contributed by atoms with E-state index in [9.17, 15) is 22.8 Å². The van der Waals surface area contributed by atoms with Crippen LogP contribution >= 0.6 is 11.3 Å². The number of nitrogens with one attached hydrogen (secondary N) is 2. The van der Waals surface area contributed by atoms with E-state index in [1.807, 2.05) is 0 Å². The third-order valence-electron chi connectivity index (χ3n) is 5.25. The third kappa shape index (κ3) is 5.54. The molecular weight excluding hydrogens is 457 g/mol. The molecule has 174 valence electrons. The summed E-state index contributed by atoms with van der Waals surface area (Å²) in [6.45, 7) is 0.651. The van der Waals surface area contributed by atoms with Crippen molar-refractivity contribution in [2.45, 2.75) is 38.0 Å². The Balaban J connectivity index is 1.43. The molecule has 1 aromatic carbocycles. The Labute approximate surface area is 191 Å². The first-order valence-electron chi connectivity index (χ1n) is 10.3. The number of likely N-dealkylation sites (tertiary alicyclic amines) is 1. The van der Waals surface area contributed by atoms with Gasteiger partial charge in [-0.05, 0) is 49.6 Å². The summed E-state index contributed by atoms with van der Waals surface area (Å²) in [6.07, 6.45) is -0.807.